The first kappa shape index (κ1) is 29.6. The van der Waals surface area contributed by atoms with Crippen LogP contribution in [-0.4, -0.2) is 39.9 Å². The van der Waals surface area contributed by atoms with Crippen molar-refractivity contribution in [1.29, 1.82) is 0 Å². The van der Waals surface area contributed by atoms with Crippen molar-refractivity contribution >= 4 is 43.6 Å². The third kappa shape index (κ3) is 5.09. The number of hydrogen-bond acceptors (Lipinski definition) is 8. The van der Waals surface area contributed by atoms with E-state index in [1.54, 1.807) is 12.4 Å². The van der Waals surface area contributed by atoms with Crippen LogP contribution in [0, 0.1) is 0 Å². The van der Waals surface area contributed by atoms with Gasteiger partial charge in [-0.05, 0) is 77.9 Å². The highest BCUT2D eigenvalue weighted by atomic mass is 15.0. The molecule has 0 unspecified atom stereocenters. The molecule has 52 heavy (non-hydrogen) atoms. The largest absolute Gasteiger partial charge is 0.264 e. The molecule has 10 aromatic rings. The van der Waals surface area contributed by atoms with E-state index in [1.807, 2.05) is 91.5 Å². The normalized spacial score (nSPS) is 11.5. The first-order chi connectivity index (χ1) is 25.8. The van der Waals surface area contributed by atoms with E-state index < -0.39 is 0 Å². The van der Waals surface area contributed by atoms with E-state index in [1.165, 1.54) is 0 Å². The van der Waals surface area contributed by atoms with Gasteiger partial charge < -0.3 is 0 Å². The molecule has 0 saturated carbocycles. The molecular weight excluding hydrogens is 641 g/mol. The molecule has 0 aliphatic heterocycles. The fraction of sp³-hybridized carbons (Fsp3) is 0. The van der Waals surface area contributed by atoms with Gasteiger partial charge in [-0.1, -0.05) is 54.6 Å². The minimum absolute atomic E-state index is 0.530. The van der Waals surface area contributed by atoms with Crippen LogP contribution in [0.1, 0.15) is 0 Å². The molecule has 8 heteroatoms. The maximum absolute atomic E-state index is 5.12. The minimum Gasteiger partial charge on any atom is -0.264 e. The average Bonchev–Trinajstić information content (AvgIpc) is 3.22. The summed E-state index contributed by atoms with van der Waals surface area (Å²) in [6.45, 7) is 0. The highest BCUT2D eigenvalue weighted by Crippen LogP contribution is 2.42. The lowest BCUT2D eigenvalue weighted by Gasteiger charge is -2.16. The van der Waals surface area contributed by atoms with E-state index in [2.05, 4.69) is 59.6 Å². The third-order valence-corrected chi connectivity index (χ3v) is 9.31. The Hall–Kier alpha value is -7.32. The standard InChI is InChI=1S/C44H26N8/c1-2-9-27(10-3-1)42-50-43(30-13-4-16-45-26-30)52-44(51-42)33-22-31(38-34-14-7-17-46-36(34)24-28-11-5-19-48-40(28)38)21-32(23-33)39-35-15-8-18-47-37(35)25-29-12-6-20-49-41(29)39/h1-26H. The molecule has 0 bridgehead atoms. The molecular formula is C44H26N8. The van der Waals surface area contributed by atoms with Crippen LogP contribution in [0.5, 0.6) is 0 Å². The molecule has 0 radical (unpaired) electrons. The summed E-state index contributed by atoms with van der Waals surface area (Å²) in [5.74, 6) is 1.63. The monoisotopic (exact) mass is 666 g/mol. The maximum atomic E-state index is 5.12. The number of aromatic nitrogens is 8. The zero-order valence-electron chi connectivity index (χ0n) is 27.6. The summed E-state index contributed by atoms with van der Waals surface area (Å²) in [4.78, 5) is 38.9. The van der Waals surface area contributed by atoms with Crippen molar-refractivity contribution in [2.45, 2.75) is 0 Å². The Morgan fingerprint density at radius 1 is 0.346 bits per heavy atom. The van der Waals surface area contributed by atoms with Crippen LogP contribution in [0.4, 0.5) is 0 Å². The van der Waals surface area contributed by atoms with Gasteiger partial charge in [0.15, 0.2) is 17.5 Å². The highest BCUT2D eigenvalue weighted by Gasteiger charge is 2.20. The van der Waals surface area contributed by atoms with Gasteiger partial charge in [-0.15, -0.1) is 0 Å². The third-order valence-electron chi connectivity index (χ3n) is 9.31. The number of pyridine rings is 5. The van der Waals surface area contributed by atoms with Gasteiger partial charge in [0.2, 0.25) is 0 Å². The fourth-order valence-electron chi connectivity index (χ4n) is 7.00. The van der Waals surface area contributed by atoms with Crippen LogP contribution in [-0.2, 0) is 0 Å². The van der Waals surface area contributed by atoms with Gasteiger partial charge in [0.25, 0.3) is 0 Å². The van der Waals surface area contributed by atoms with Crippen molar-refractivity contribution in [2.75, 3.05) is 0 Å². The van der Waals surface area contributed by atoms with Crippen molar-refractivity contribution in [2.24, 2.45) is 0 Å². The molecule has 0 saturated heterocycles. The molecule has 0 atom stereocenters. The second kappa shape index (κ2) is 12.2. The lowest BCUT2D eigenvalue weighted by molar-refractivity contribution is 1.07. The maximum Gasteiger partial charge on any atom is 0.165 e. The van der Waals surface area contributed by atoms with Crippen molar-refractivity contribution in [1.82, 2.24) is 39.9 Å². The molecule has 4 aromatic carbocycles. The fourth-order valence-corrected chi connectivity index (χ4v) is 7.00. The summed E-state index contributed by atoms with van der Waals surface area (Å²) >= 11 is 0. The number of nitrogens with zero attached hydrogens (tertiary/aromatic N) is 8. The molecule has 0 aliphatic rings. The quantitative estimate of drug-likeness (QED) is 0.167. The van der Waals surface area contributed by atoms with E-state index in [-0.39, 0.29) is 0 Å². The molecule has 0 spiro atoms. The van der Waals surface area contributed by atoms with Gasteiger partial charge in [0, 0.05) is 86.5 Å². The lowest BCUT2D eigenvalue weighted by Crippen LogP contribution is -2.01. The van der Waals surface area contributed by atoms with Gasteiger partial charge >= 0.3 is 0 Å². The average molecular weight is 667 g/mol. The van der Waals surface area contributed by atoms with E-state index in [0.29, 0.717) is 17.5 Å². The van der Waals surface area contributed by atoms with E-state index in [9.17, 15) is 0 Å². The lowest BCUT2D eigenvalue weighted by atomic mass is 9.90. The zero-order valence-corrected chi connectivity index (χ0v) is 27.6. The van der Waals surface area contributed by atoms with Crippen molar-refractivity contribution in [3.63, 3.8) is 0 Å². The van der Waals surface area contributed by atoms with Crippen molar-refractivity contribution < 1.29 is 0 Å². The second-order valence-electron chi connectivity index (χ2n) is 12.5. The van der Waals surface area contributed by atoms with Crippen LogP contribution >= 0.6 is 0 Å². The molecule has 0 aliphatic carbocycles. The number of hydrogen-bond donors (Lipinski definition) is 0. The van der Waals surface area contributed by atoms with Crippen LogP contribution < -0.4 is 0 Å². The van der Waals surface area contributed by atoms with Crippen LogP contribution in [0.25, 0.3) is 100 Å². The predicted molar refractivity (Wildman–Crippen MR) is 206 cm³/mol. The highest BCUT2D eigenvalue weighted by molar-refractivity contribution is 6.13. The first-order valence-electron chi connectivity index (χ1n) is 16.9. The van der Waals surface area contributed by atoms with E-state index in [0.717, 1.165) is 82.6 Å². The molecule has 8 nitrogen and oxygen atoms in total. The summed E-state index contributed by atoms with van der Waals surface area (Å²) in [6.07, 6.45) is 10.8. The number of fused-ring (bicyclic) bond motifs is 4. The number of rotatable bonds is 5. The Bertz CT molecular complexity index is 2660. The summed E-state index contributed by atoms with van der Waals surface area (Å²) in [7, 11) is 0. The van der Waals surface area contributed by atoms with E-state index in [4.69, 9.17) is 34.9 Å². The molecule has 242 valence electrons. The zero-order chi connectivity index (χ0) is 34.4. The first-order valence-corrected chi connectivity index (χ1v) is 16.9. The van der Waals surface area contributed by atoms with Crippen molar-refractivity contribution in [3.05, 3.63) is 159 Å². The van der Waals surface area contributed by atoms with Gasteiger partial charge in [0.1, 0.15) is 0 Å². The molecule has 10 rings (SSSR count). The van der Waals surface area contributed by atoms with Gasteiger partial charge in [-0.25, -0.2) is 15.0 Å². The number of benzene rings is 4. The molecule has 6 aromatic heterocycles. The van der Waals surface area contributed by atoms with Crippen molar-refractivity contribution in [3.8, 4) is 56.4 Å². The molecule has 0 fully saturated rings. The topological polar surface area (TPSA) is 103 Å². The Morgan fingerprint density at radius 2 is 0.827 bits per heavy atom. The SMILES string of the molecule is c1ccc(-c2nc(-c3cccnc3)nc(-c3cc(-c4c5cccnc5cc5cccnc45)cc(-c4c5cccnc5cc5cccnc45)c3)n2)cc1. The summed E-state index contributed by atoms with van der Waals surface area (Å²) < 4.78 is 0. The van der Waals surface area contributed by atoms with Crippen LogP contribution in [0.3, 0.4) is 0 Å². The van der Waals surface area contributed by atoms with Gasteiger partial charge in [-0.2, -0.15) is 0 Å². The Kier molecular flexibility index (Phi) is 6.95. The summed E-state index contributed by atoms with van der Waals surface area (Å²) in [6, 6.07) is 40.8. The Morgan fingerprint density at radius 3 is 1.40 bits per heavy atom. The Balaban J connectivity index is 1.33. The molecule has 0 amide bonds. The van der Waals surface area contributed by atoms with Gasteiger partial charge in [-0.3, -0.25) is 24.9 Å². The van der Waals surface area contributed by atoms with Crippen LogP contribution in [0.15, 0.2) is 159 Å². The smallest absolute Gasteiger partial charge is 0.165 e. The van der Waals surface area contributed by atoms with E-state index >= 15 is 0 Å². The summed E-state index contributed by atoms with van der Waals surface area (Å²) in [5.41, 5.74) is 9.88. The predicted octanol–water partition coefficient (Wildman–Crippen LogP) is 9.79. The van der Waals surface area contributed by atoms with Gasteiger partial charge in [0.05, 0.1) is 22.1 Å². The van der Waals surface area contributed by atoms with Crippen LogP contribution in [0.2, 0.25) is 0 Å². The second-order valence-corrected chi connectivity index (χ2v) is 12.5. The Labute approximate surface area is 297 Å². The molecule has 6 heterocycles. The molecule has 0 N–H and O–H groups in total. The summed E-state index contributed by atoms with van der Waals surface area (Å²) in [5, 5.41) is 4.00. The minimum atomic E-state index is 0.530.